The van der Waals surface area contributed by atoms with Crippen LogP contribution in [0.2, 0.25) is 0 Å². The molecule has 0 bridgehead atoms. The molecule has 138 valence electrons. The van der Waals surface area contributed by atoms with Crippen molar-refractivity contribution in [2.24, 2.45) is 0 Å². The lowest BCUT2D eigenvalue weighted by Crippen LogP contribution is -2.26. The fraction of sp³-hybridized carbons (Fsp3) is 0.238. The second-order valence-corrected chi connectivity index (χ2v) is 6.46. The minimum atomic E-state index is -0.206. The molecule has 0 radical (unpaired) electrons. The van der Waals surface area contributed by atoms with Crippen LogP contribution in [0.15, 0.2) is 61.2 Å². The standard InChI is InChI=1S/C21H23N5O/c1-16-4-3-5-18(12-16)14-23-21(27)19-13-20(25-15-24-19)26(2)11-8-17-6-9-22-10-7-17/h3-7,9-10,12-13,15H,8,11,14H2,1-2H3,(H,23,27). The van der Waals surface area contributed by atoms with Crippen molar-refractivity contribution >= 4 is 11.7 Å². The summed E-state index contributed by atoms with van der Waals surface area (Å²) >= 11 is 0. The normalized spacial score (nSPS) is 10.4. The Labute approximate surface area is 159 Å². The summed E-state index contributed by atoms with van der Waals surface area (Å²) in [6.07, 6.45) is 5.88. The molecule has 3 aromatic rings. The first-order chi connectivity index (χ1) is 13.1. The van der Waals surface area contributed by atoms with Crippen LogP contribution in [0.5, 0.6) is 0 Å². The number of rotatable bonds is 7. The van der Waals surface area contributed by atoms with Crippen molar-refractivity contribution in [2.75, 3.05) is 18.5 Å². The molecule has 1 amide bonds. The molecule has 0 aliphatic heterocycles. The highest BCUT2D eigenvalue weighted by Crippen LogP contribution is 2.11. The van der Waals surface area contributed by atoms with Gasteiger partial charge in [-0.3, -0.25) is 9.78 Å². The zero-order chi connectivity index (χ0) is 19.1. The van der Waals surface area contributed by atoms with E-state index < -0.39 is 0 Å². The average molecular weight is 361 g/mol. The Balaban J connectivity index is 1.59. The Morgan fingerprint density at radius 1 is 1.07 bits per heavy atom. The monoisotopic (exact) mass is 361 g/mol. The van der Waals surface area contributed by atoms with Gasteiger partial charge < -0.3 is 10.2 Å². The Morgan fingerprint density at radius 3 is 2.67 bits per heavy atom. The topological polar surface area (TPSA) is 71.0 Å². The van der Waals surface area contributed by atoms with Crippen molar-refractivity contribution in [3.05, 3.63) is 83.6 Å². The lowest BCUT2D eigenvalue weighted by molar-refractivity contribution is 0.0945. The number of carbonyl (C=O) groups is 1. The minimum Gasteiger partial charge on any atom is -0.359 e. The smallest absolute Gasteiger partial charge is 0.270 e. The molecule has 6 heteroatoms. The van der Waals surface area contributed by atoms with E-state index in [9.17, 15) is 4.79 Å². The Morgan fingerprint density at radius 2 is 1.89 bits per heavy atom. The SMILES string of the molecule is Cc1cccc(CNC(=O)c2cc(N(C)CCc3ccncc3)ncn2)c1. The third-order valence-corrected chi connectivity index (χ3v) is 4.30. The van der Waals surface area contributed by atoms with Crippen molar-refractivity contribution in [3.8, 4) is 0 Å². The molecule has 0 spiro atoms. The van der Waals surface area contributed by atoms with Crippen molar-refractivity contribution in [2.45, 2.75) is 19.9 Å². The van der Waals surface area contributed by atoms with Gasteiger partial charge in [0.1, 0.15) is 17.8 Å². The number of nitrogens with one attached hydrogen (secondary N) is 1. The number of aromatic nitrogens is 3. The highest BCUT2D eigenvalue weighted by atomic mass is 16.1. The van der Waals surface area contributed by atoms with Gasteiger partial charge in [0, 0.05) is 38.6 Å². The lowest BCUT2D eigenvalue weighted by Gasteiger charge is -2.18. The Bertz CT molecular complexity index is 898. The second kappa shape index (κ2) is 8.89. The van der Waals surface area contributed by atoms with Crippen LogP contribution in [0, 0.1) is 6.92 Å². The Hall–Kier alpha value is -3.28. The van der Waals surface area contributed by atoms with Crippen LogP contribution < -0.4 is 10.2 Å². The maximum atomic E-state index is 12.4. The minimum absolute atomic E-state index is 0.206. The van der Waals surface area contributed by atoms with E-state index in [0.717, 1.165) is 24.3 Å². The van der Waals surface area contributed by atoms with Gasteiger partial charge in [0.25, 0.3) is 5.91 Å². The zero-order valence-electron chi connectivity index (χ0n) is 15.6. The number of anilines is 1. The molecule has 6 nitrogen and oxygen atoms in total. The molecule has 2 heterocycles. The van der Waals surface area contributed by atoms with E-state index in [0.29, 0.717) is 12.2 Å². The van der Waals surface area contributed by atoms with Crippen LogP contribution in [0.4, 0.5) is 5.82 Å². The molecule has 1 aromatic carbocycles. The highest BCUT2D eigenvalue weighted by molar-refractivity contribution is 5.92. The van der Waals surface area contributed by atoms with E-state index >= 15 is 0 Å². The lowest BCUT2D eigenvalue weighted by atomic mass is 10.1. The molecular formula is C21H23N5O. The quantitative estimate of drug-likeness (QED) is 0.701. The van der Waals surface area contributed by atoms with Gasteiger partial charge in [-0.1, -0.05) is 29.8 Å². The third-order valence-electron chi connectivity index (χ3n) is 4.30. The van der Waals surface area contributed by atoms with E-state index in [1.807, 2.05) is 49.2 Å². The molecule has 0 fully saturated rings. The van der Waals surface area contributed by atoms with Gasteiger partial charge in [-0.05, 0) is 36.6 Å². The number of hydrogen-bond donors (Lipinski definition) is 1. The number of amides is 1. The molecule has 2 aromatic heterocycles. The molecule has 0 unspecified atom stereocenters. The van der Waals surface area contributed by atoms with E-state index in [1.54, 1.807) is 18.5 Å². The summed E-state index contributed by atoms with van der Waals surface area (Å²) in [6, 6.07) is 13.8. The molecule has 3 rings (SSSR count). The van der Waals surface area contributed by atoms with Gasteiger partial charge in [-0.15, -0.1) is 0 Å². The van der Waals surface area contributed by atoms with Gasteiger partial charge in [-0.25, -0.2) is 9.97 Å². The van der Waals surface area contributed by atoms with Crippen LogP contribution in [-0.4, -0.2) is 34.5 Å². The van der Waals surface area contributed by atoms with Crippen LogP contribution in [-0.2, 0) is 13.0 Å². The first-order valence-corrected chi connectivity index (χ1v) is 8.87. The predicted octanol–water partition coefficient (Wildman–Crippen LogP) is 2.79. The van der Waals surface area contributed by atoms with E-state index in [4.69, 9.17) is 0 Å². The summed E-state index contributed by atoms with van der Waals surface area (Å²) in [5.41, 5.74) is 3.81. The van der Waals surface area contributed by atoms with Crippen LogP contribution in [0.25, 0.3) is 0 Å². The summed E-state index contributed by atoms with van der Waals surface area (Å²) in [5.74, 6) is 0.516. The molecule has 0 aliphatic carbocycles. The molecule has 1 N–H and O–H groups in total. The number of hydrogen-bond acceptors (Lipinski definition) is 5. The van der Waals surface area contributed by atoms with Crippen LogP contribution in [0.3, 0.4) is 0 Å². The van der Waals surface area contributed by atoms with Crippen LogP contribution >= 0.6 is 0 Å². The van der Waals surface area contributed by atoms with Crippen molar-refractivity contribution in [1.29, 1.82) is 0 Å². The summed E-state index contributed by atoms with van der Waals surface area (Å²) in [4.78, 5) is 26.9. The second-order valence-electron chi connectivity index (χ2n) is 6.46. The van der Waals surface area contributed by atoms with E-state index in [2.05, 4.69) is 26.3 Å². The molecular weight excluding hydrogens is 338 g/mol. The zero-order valence-corrected chi connectivity index (χ0v) is 15.6. The number of aryl methyl sites for hydroxylation is 1. The molecule has 27 heavy (non-hydrogen) atoms. The summed E-state index contributed by atoms with van der Waals surface area (Å²) in [7, 11) is 1.96. The van der Waals surface area contributed by atoms with Crippen molar-refractivity contribution in [1.82, 2.24) is 20.3 Å². The molecule has 0 atom stereocenters. The highest BCUT2D eigenvalue weighted by Gasteiger charge is 2.11. The maximum absolute atomic E-state index is 12.4. The van der Waals surface area contributed by atoms with Gasteiger partial charge in [-0.2, -0.15) is 0 Å². The van der Waals surface area contributed by atoms with E-state index in [-0.39, 0.29) is 5.91 Å². The first kappa shape index (κ1) is 18.5. The van der Waals surface area contributed by atoms with E-state index in [1.165, 1.54) is 17.5 Å². The molecule has 0 aliphatic rings. The largest absolute Gasteiger partial charge is 0.359 e. The van der Waals surface area contributed by atoms with Gasteiger partial charge in [0.05, 0.1) is 0 Å². The predicted molar refractivity (Wildman–Crippen MR) is 106 cm³/mol. The molecule has 0 saturated heterocycles. The summed E-state index contributed by atoms with van der Waals surface area (Å²) in [5, 5.41) is 2.91. The number of likely N-dealkylation sites (N-methyl/N-ethyl adjacent to an activating group) is 1. The number of benzene rings is 1. The first-order valence-electron chi connectivity index (χ1n) is 8.87. The average Bonchev–Trinajstić information content (AvgIpc) is 2.71. The maximum Gasteiger partial charge on any atom is 0.270 e. The van der Waals surface area contributed by atoms with Crippen molar-refractivity contribution in [3.63, 3.8) is 0 Å². The van der Waals surface area contributed by atoms with Gasteiger partial charge in [0.2, 0.25) is 0 Å². The number of carbonyl (C=O) groups excluding carboxylic acids is 1. The fourth-order valence-electron chi connectivity index (χ4n) is 2.74. The summed E-state index contributed by atoms with van der Waals surface area (Å²) in [6.45, 7) is 3.28. The fourth-order valence-corrected chi connectivity index (χ4v) is 2.74. The van der Waals surface area contributed by atoms with Gasteiger partial charge >= 0.3 is 0 Å². The summed E-state index contributed by atoms with van der Waals surface area (Å²) < 4.78 is 0. The Kier molecular flexibility index (Phi) is 6.10. The number of nitrogens with zero attached hydrogens (tertiary/aromatic N) is 4. The van der Waals surface area contributed by atoms with Crippen molar-refractivity contribution < 1.29 is 4.79 Å². The van der Waals surface area contributed by atoms with Gasteiger partial charge in [0.15, 0.2) is 0 Å². The molecule has 0 saturated carbocycles. The third kappa shape index (κ3) is 5.34. The number of pyridine rings is 1. The van der Waals surface area contributed by atoms with Crippen LogP contribution in [0.1, 0.15) is 27.2 Å².